The van der Waals surface area contributed by atoms with Crippen molar-refractivity contribution in [3.05, 3.63) is 84.6 Å². The lowest BCUT2D eigenvalue weighted by molar-refractivity contribution is 0.620. The average Bonchev–Trinajstić information content (AvgIpc) is 3.24. The fourth-order valence-electron chi connectivity index (χ4n) is 4.26. The van der Waals surface area contributed by atoms with Crippen LogP contribution in [0.2, 0.25) is 0 Å². The van der Waals surface area contributed by atoms with E-state index in [1.54, 1.807) is 0 Å². The zero-order chi connectivity index (χ0) is 20.1. The first-order valence-corrected chi connectivity index (χ1v) is 10.3. The molecule has 0 amide bonds. The maximum Gasteiger partial charge on any atom is 0.227 e. The van der Waals surface area contributed by atoms with Crippen LogP contribution >= 0.6 is 0 Å². The molecular weight excluding hydrogens is 367 g/mol. The van der Waals surface area contributed by atoms with E-state index in [-0.39, 0.29) is 0 Å². The van der Waals surface area contributed by atoms with Gasteiger partial charge in [0.25, 0.3) is 0 Å². The molecule has 0 bridgehead atoms. The number of benzene rings is 3. The van der Waals surface area contributed by atoms with E-state index in [2.05, 4.69) is 74.6 Å². The third-order valence-corrected chi connectivity index (χ3v) is 5.79. The number of allylic oxidation sites excluding steroid dienone is 4. The van der Waals surface area contributed by atoms with Crippen molar-refractivity contribution in [2.75, 3.05) is 0 Å². The first kappa shape index (κ1) is 17.2. The van der Waals surface area contributed by atoms with Gasteiger partial charge in [-0.05, 0) is 36.6 Å². The zero-order valence-electron chi connectivity index (χ0n) is 16.7. The molecule has 6 rings (SSSR count). The number of hydrogen-bond donors (Lipinski definition) is 0. The van der Waals surface area contributed by atoms with E-state index >= 15 is 0 Å². The number of rotatable bonds is 2. The Balaban J connectivity index is 1.70. The highest BCUT2D eigenvalue weighted by Crippen LogP contribution is 2.37. The number of para-hydroxylation sites is 1. The molecule has 5 aromatic rings. The van der Waals surface area contributed by atoms with E-state index in [4.69, 9.17) is 14.4 Å². The smallest absolute Gasteiger partial charge is 0.227 e. The third-order valence-electron chi connectivity index (χ3n) is 5.79. The van der Waals surface area contributed by atoms with Crippen molar-refractivity contribution in [1.82, 2.24) is 9.97 Å². The van der Waals surface area contributed by atoms with Crippen molar-refractivity contribution in [3.63, 3.8) is 0 Å². The van der Waals surface area contributed by atoms with Gasteiger partial charge in [0.15, 0.2) is 5.58 Å². The van der Waals surface area contributed by atoms with Crippen molar-refractivity contribution in [2.45, 2.75) is 12.8 Å². The van der Waals surface area contributed by atoms with Gasteiger partial charge in [-0.2, -0.15) is 0 Å². The molecule has 0 saturated heterocycles. The summed E-state index contributed by atoms with van der Waals surface area (Å²) in [6, 6.07) is 20.7. The van der Waals surface area contributed by atoms with Crippen molar-refractivity contribution >= 4 is 51.7 Å². The van der Waals surface area contributed by atoms with E-state index < -0.39 is 0 Å². The number of aromatic nitrogens is 2. The maximum atomic E-state index is 6.18. The molecule has 142 valence electrons. The first-order chi connectivity index (χ1) is 14.8. The summed E-state index contributed by atoms with van der Waals surface area (Å²) in [6.07, 6.45) is 8.82. The zero-order valence-corrected chi connectivity index (χ0v) is 16.7. The van der Waals surface area contributed by atoms with Gasteiger partial charge in [0.1, 0.15) is 13.4 Å². The molecule has 2 aromatic heterocycles. The van der Waals surface area contributed by atoms with Crippen LogP contribution in [-0.2, 0) is 0 Å². The molecule has 0 aliphatic heterocycles. The Morgan fingerprint density at radius 3 is 2.53 bits per heavy atom. The van der Waals surface area contributed by atoms with Gasteiger partial charge in [-0.3, -0.25) is 0 Å². The summed E-state index contributed by atoms with van der Waals surface area (Å²) in [5, 5.41) is 3.32. The van der Waals surface area contributed by atoms with Crippen LogP contribution in [0, 0.1) is 0 Å². The third kappa shape index (κ3) is 2.68. The number of pyridine rings is 1. The van der Waals surface area contributed by atoms with E-state index in [1.807, 2.05) is 12.1 Å². The van der Waals surface area contributed by atoms with Gasteiger partial charge in [0, 0.05) is 21.7 Å². The first-order valence-electron chi connectivity index (χ1n) is 10.3. The highest BCUT2D eigenvalue weighted by Gasteiger charge is 2.17. The summed E-state index contributed by atoms with van der Waals surface area (Å²) >= 11 is 0. The lowest BCUT2D eigenvalue weighted by Gasteiger charge is -2.12. The second-order valence-corrected chi connectivity index (χ2v) is 7.84. The average molecular weight is 386 g/mol. The van der Waals surface area contributed by atoms with Crippen LogP contribution in [0.4, 0.5) is 0 Å². The monoisotopic (exact) mass is 386 g/mol. The SMILES string of the molecule is Bc1ccc(-c2nc3c(ccc4c(C5=CCCC=C5)nc5ccccc5c43)o2)cc1. The van der Waals surface area contributed by atoms with Crippen LogP contribution in [0.1, 0.15) is 18.5 Å². The minimum atomic E-state index is 0.650. The molecule has 0 fully saturated rings. The summed E-state index contributed by atoms with van der Waals surface area (Å²) in [5.74, 6) is 0.650. The summed E-state index contributed by atoms with van der Waals surface area (Å²) in [5.41, 5.74) is 7.07. The van der Waals surface area contributed by atoms with Crippen molar-refractivity contribution in [3.8, 4) is 11.5 Å². The maximum absolute atomic E-state index is 6.18. The molecule has 1 aliphatic rings. The quantitative estimate of drug-likeness (QED) is 0.310. The Labute approximate surface area is 175 Å². The van der Waals surface area contributed by atoms with Gasteiger partial charge in [-0.15, -0.1) is 0 Å². The summed E-state index contributed by atoms with van der Waals surface area (Å²) in [7, 11) is 2.08. The van der Waals surface area contributed by atoms with Crippen LogP contribution in [0.25, 0.3) is 49.8 Å². The van der Waals surface area contributed by atoms with Gasteiger partial charge >= 0.3 is 0 Å². The largest absolute Gasteiger partial charge is 0.436 e. The molecule has 3 nitrogen and oxygen atoms in total. The van der Waals surface area contributed by atoms with E-state index in [1.165, 1.54) is 11.0 Å². The highest BCUT2D eigenvalue weighted by atomic mass is 16.3. The molecule has 2 heterocycles. The standard InChI is InChI=1S/C26H19BN2O/c27-18-12-10-17(11-13-18)26-29-25-22(30-26)15-14-20-23(25)19-8-4-5-9-21(19)28-24(20)16-6-2-1-3-7-16/h2,4-15H,1,3,27H2. The number of fused-ring (bicyclic) bond motifs is 5. The Morgan fingerprint density at radius 2 is 1.70 bits per heavy atom. The molecule has 1 aliphatic carbocycles. The van der Waals surface area contributed by atoms with Crippen LogP contribution in [0.3, 0.4) is 0 Å². The van der Waals surface area contributed by atoms with Gasteiger partial charge in [0.05, 0.1) is 11.2 Å². The highest BCUT2D eigenvalue weighted by molar-refractivity contribution is 6.32. The predicted molar refractivity (Wildman–Crippen MR) is 127 cm³/mol. The summed E-state index contributed by atoms with van der Waals surface area (Å²) in [4.78, 5) is 9.98. The minimum Gasteiger partial charge on any atom is -0.436 e. The fourth-order valence-corrected chi connectivity index (χ4v) is 4.26. The molecule has 4 heteroatoms. The Hall–Kier alpha value is -3.66. The Bertz CT molecular complexity index is 1490. The molecular formula is C26H19BN2O. The van der Waals surface area contributed by atoms with Gasteiger partial charge < -0.3 is 4.42 Å². The van der Waals surface area contributed by atoms with E-state index in [0.717, 1.165) is 56.9 Å². The van der Waals surface area contributed by atoms with Crippen molar-refractivity contribution in [2.24, 2.45) is 0 Å². The lowest BCUT2D eigenvalue weighted by atomic mass is 9.95. The summed E-state index contributed by atoms with van der Waals surface area (Å²) in [6.45, 7) is 0. The second kappa shape index (κ2) is 6.70. The van der Waals surface area contributed by atoms with Crippen LogP contribution in [0.5, 0.6) is 0 Å². The van der Waals surface area contributed by atoms with Gasteiger partial charge in [0.2, 0.25) is 5.89 Å². The Morgan fingerprint density at radius 1 is 0.833 bits per heavy atom. The molecule has 3 aromatic carbocycles. The fraction of sp³-hybridized carbons (Fsp3) is 0.0769. The predicted octanol–water partition coefficient (Wildman–Crippen LogP) is 5.19. The van der Waals surface area contributed by atoms with Crippen LogP contribution in [0.15, 0.2) is 83.3 Å². The van der Waals surface area contributed by atoms with E-state index in [9.17, 15) is 0 Å². The van der Waals surface area contributed by atoms with Crippen LogP contribution < -0.4 is 5.46 Å². The minimum absolute atomic E-state index is 0.650. The van der Waals surface area contributed by atoms with Crippen molar-refractivity contribution in [1.29, 1.82) is 0 Å². The summed E-state index contributed by atoms with van der Waals surface area (Å²) < 4.78 is 6.18. The number of hydrogen-bond acceptors (Lipinski definition) is 3. The van der Waals surface area contributed by atoms with Crippen LogP contribution in [-0.4, -0.2) is 17.8 Å². The van der Waals surface area contributed by atoms with Crippen molar-refractivity contribution < 1.29 is 4.42 Å². The molecule has 0 unspecified atom stereocenters. The topological polar surface area (TPSA) is 38.9 Å². The normalized spacial score (nSPS) is 13.9. The molecule has 30 heavy (non-hydrogen) atoms. The molecule has 0 saturated carbocycles. The number of oxazole rings is 1. The molecule has 0 spiro atoms. The molecule has 0 N–H and O–H groups in total. The second-order valence-electron chi connectivity index (χ2n) is 7.84. The Kier molecular flexibility index (Phi) is 3.85. The lowest BCUT2D eigenvalue weighted by Crippen LogP contribution is -1.99. The van der Waals surface area contributed by atoms with Gasteiger partial charge in [-0.25, -0.2) is 9.97 Å². The molecule has 0 radical (unpaired) electrons. The van der Waals surface area contributed by atoms with E-state index in [0.29, 0.717) is 5.89 Å². The molecule has 0 atom stereocenters. The number of nitrogens with zero attached hydrogens (tertiary/aromatic N) is 2. The van der Waals surface area contributed by atoms with Gasteiger partial charge in [-0.1, -0.05) is 66.2 Å².